The standard InChI is InChI=1S/C23H33N3O2S/c1-17(24-22(27)23(2,3)4)21(20-7-6-16-29-20)26-14-12-25(13-15-26)18-8-10-19(28-5)11-9-18/h6-11,16-17,21H,12-15H2,1-5H3,(H,24,27)/p+1/t17-,21-/m1/s1. The Labute approximate surface area is 178 Å². The number of quaternary nitrogens is 1. The molecule has 0 radical (unpaired) electrons. The number of benzene rings is 1. The summed E-state index contributed by atoms with van der Waals surface area (Å²) >= 11 is 1.79. The van der Waals surface area contributed by atoms with Crippen LogP contribution in [0.25, 0.3) is 0 Å². The van der Waals surface area contributed by atoms with Crippen molar-refractivity contribution >= 4 is 22.9 Å². The van der Waals surface area contributed by atoms with Crippen LogP contribution in [-0.2, 0) is 4.79 Å². The SMILES string of the molecule is COc1ccc(N2CC[NH+]([C@@H](c3cccs3)[C@@H](C)NC(=O)C(C)(C)C)CC2)cc1. The van der Waals surface area contributed by atoms with Gasteiger partial charge in [-0.3, -0.25) is 4.79 Å². The van der Waals surface area contributed by atoms with Crippen LogP contribution in [0.2, 0.25) is 0 Å². The minimum absolute atomic E-state index is 0.0860. The van der Waals surface area contributed by atoms with E-state index < -0.39 is 0 Å². The Kier molecular flexibility index (Phi) is 6.85. The Balaban J connectivity index is 1.69. The molecule has 1 fully saturated rings. The Bertz CT molecular complexity index is 775. The molecule has 1 aliphatic heterocycles. The van der Waals surface area contributed by atoms with Gasteiger partial charge in [0.2, 0.25) is 5.91 Å². The largest absolute Gasteiger partial charge is 0.497 e. The molecule has 0 spiro atoms. The molecule has 3 rings (SSSR count). The van der Waals surface area contributed by atoms with Crippen molar-refractivity contribution in [2.75, 3.05) is 38.2 Å². The topological polar surface area (TPSA) is 46.0 Å². The first-order valence-corrected chi connectivity index (χ1v) is 11.3. The molecule has 0 aliphatic carbocycles. The predicted octanol–water partition coefficient (Wildman–Crippen LogP) is 2.75. The Hall–Kier alpha value is -2.05. The smallest absolute Gasteiger partial charge is 0.225 e. The number of rotatable bonds is 6. The van der Waals surface area contributed by atoms with Crippen LogP contribution in [0.1, 0.15) is 38.6 Å². The molecule has 29 heavy (non-hydrogen) atoms. The van der Waals surface area contributed by atoms with Gasteiger partial charge in [-0.2, -0.15) is 0 Å². The molecule has 0 unspecified atom stereocenters. The first-order chi connectivity index (χ1) is 13.8. The third kappa shape index (κ3) is 5.31. The van der Waals surface area contributed by atoms with Gasteiger partial charge in [0, 0.05) is 11.1 Å². The van der Waals surface area contributed by atoms with E-state index in [1.54, 1.807) is 23.3 Å². The van der Waals surface area contributed by atoms with Gasteiger partial charge in [-0.1, -0.05) is 26.8 Å². The molecule has 0 saturated carbocycles. The van der Waals surface area contributed by atoms with E-state index in [-0.39, 0.29) is 23.4 Å². The molecule has 1 aliphatic rings. The van der Waals surface area contributed by atoms with Gasteiger partial charge in [0.25, 0.3) is 0 Å². The summed E-state index contributed by atoms with van der Waals surface area (Å²) in [6.45, 7) is 12.2. The second-order valence-electron chi connectivity index (χ2n) is 8.85. The summed E-state index contributed by atoms with van der Waals surface area (Å²) in [4.78, 5) is 17.9. The summed E-state index contributed by atoms with van der Waals surface area (Å²) in [6, 6.07) is 13.0. The molecular weight excluding hydrogens is 382 g/mol. The molecular formula is C23H34N3O2S+. The first-order valence-electron chi connectivity index (χ1n) is 10.4. The fourth-order valence-electron chi connectivity index (χ4n) is 3.93. The zero-order valence-electron chi connectivity index (χ0n) is 18.2. The molecule has 2 heterocycles. The number of hydrogen-bond acceptors (Lipinski definition) is 4. The van der Waals surface area contributed by atoms with E-state index in [1.807, 2.05) is 32.9 Å². The predicted molar refractivity (Wildman–Crippen MR) is 120 cm³/mol. The molecule has 5 nitrogen and oxygen atoms in total. The normalized spacial score (nSPS) is 17.6. The number of carbonyl (C=O) groups excluding carboxylic acids is 1. The second-order valence-corrected chi connectivity index (χ2v) is 9.83. The van der Waals surface area contributed by atoms with Gasteiger partial charge in [-0.25, -0.2) is 0 Å². The molecule has 2 N–H and O–H groups in total. The summed E-state index contributed by atoms with van der Waals surface area (Å²) in [6.07, 6.45) is 0. The summed E-state index contributed by atoms with van der Waals surface area (Å²) in [5.41, 5.74) is 0.864. The maximum absolute atomic E-state index is 12.6. The Morgan fingerprint density at radius 1 is 1.17 bits per heavy atom. The molecule has 1 saturated heterocycles. The quantitative estimate of drug-likeness (QED) is 0.761. The van der Waals surface area contributed by atoms with Crippen LogP contribution < -0.4 is 19.9 Å². The summed E-state index contributed by atoms with van der Waals surface area (Å²) in [5, 5.41) is 5.41. The summed E-state index contributed by atoms with van der Waals surface area (Å²) in [7, 11) is 1.70. The van der Waals surface area contributed by atoms with Crippen molar-refractivity contribution in [2.45, 2.75) is 39.8 Å². The van der Waals surface area contributed by atoms with Crippen LogP contribution in [0, 0.1) is 5.41 Å². The van der Waals surface area contributed by atoms with Crippen LogP contribution in [-0.4, -0.2) is 45.2 Å². The average molecular weight is 417 g/mol. The van der Waals surface area contributed by atoms with Crippen LogP contribution in [0.3, 0.4) is 0 Å². The van der Waals surface area contributed by atoms with Crippen molar-refractivity contribution in [3.8, 4) is 5.75 Å². The van der Waals surface area contributed by atoms with Gasteiger partial charge in [0.05, 0.1) is 44.2 Å². The lowest BCUT2D eigenvalue weighted by Gasteiger charge is -2.39. The molecule has 1 aromatic carbocycles. The van der Waals surface area contributed by atoms with Crippen molar-refractivity contribution in [2.24, 2.45) is 5.41 Å². The minimum Gasteiger partial charge on any atom is -0.497 e. The third-order valence-corrected chi connectivity index (χ3v) is 6.63. The molecule has 0 bridgehead atoms. The lowest BCUT2D eigenvalue weighted by molar-refractivity contribution is -0.933. The van der Waals surface area contributed by atoms with Gasteiger partial charge >= 0.3 is 0 Å². The van der Waals surface area contributed by atoms with Crippen LogP contribution >= 0.6 is 11.3 Å². The fraction of sp³-hybridized carbons (Fsp3) is 0.522. The van der Waals surface area contributed by atoms with E-state index in [1.165, 1.54) is 10.6 Å². The van der Waals surface area contributed by atoms with Crippen molar-refractivity contribution < 1.29 is 14.4 Å². The van der Waals surface area contributed by atoms with Gasteiger partial charge in [-0.15, -0.1) is 11.3 Å². The maximum atomic E-state index is 12.6. The number of carbonyl (C=O) groups is 1. The van der Waals surface area contributed by atoms with E-state index in [9.17, 15) is 4.79 Å². The Morgan fingerprint density at radius 3 is 2.34 bits per heavy atom. The zero-order chi connectivity index (χ0) is 21.0. The van der Waals surface area contributed by atoms with Crippen molar-refractivity contribution in [3.05, 3.63) is 46.7 Å². The van der Waals surface area contributed by atoms with Crippen molar-refractivity contribution in [1.29, 1.82) is 0 Å². The number of nitrogens with zero attached hydrogens (tertiary/aromatic N) is 1. The van der Waals surface area contributed by atoms with Gasteiger partial charge in [0.15, 0.2) is 0 Å². The van der Waals surface area contributed by atoms with Crippen LogP contribution in [0.5, 0.6) is 5.75 Å². The number of piperazine rings is 1. The first kappa shape index (κ1) is 21.7. The van der Waals surface area contributed by atoms with E-state index >= 15 is 0 Å². The van der Waals surface area contributed by atoms with Crippen molar-refractivity contribution in [3.63, 3.8) is 0 Å². The summed E-state index contributed by atoms with van der Waals surface area (Å²) in [5.74, 6) is 1.00. The fourth-order valence-corrected chi connectivity index (χ4v) is 4.92. The number of methoxy groups -OCH3 is 1. The molecule has 2 atom stereocenters. The lowest BCUT2D eigenvalue weighted by Crippen LogP contribution is -3.16. The van der Waals surface area contributed by atoms with Gasteiger partial charge in [0.1, 0.15) is 11.8 Å². The highest BCUT2D eigenvalue weighted by Crippen LogP contribution is 2.23. The highest BCUT2D eigenvalue weighted by molar-refractivity contribution is 7.10. The third-order valence-electron chi connectivity index (χ3n) is 5.67. The highest BCUT2D eigenvalue weighted by atomic mass is 32.1. The molecule has 2 aromatic rings. The minimum atomic E-state index is -0.378. The number of anilines is 1. The van der Waals surface area contributed by atoms with E-state index in [0.717, 1.165) is 31.9 Å². The molecule has 158 valence electrons. The molecule has 1 aromatic heterocycles. The number of thiophene rings is 1. The monoisotopic (exact) mass is 416 g/mol. The molecule has 6 heteroatoms. The lowest BCUT2D eigenvalue weighted by atomic mass is 9.94. The molecule has 1 amide bonds. The highest BCUT2D eigenvalue weighted by Gasteiger charge is 2.35. The van der Waals surface area contributed by atoms with E-state index in [4.69, 9.17) is 4.74 Å². The maximum Gasteiger partial charge on any atom is 0.225 e. The van der Waals surface area contributed by atoms with Crippen LogP contribution in [0.15, 0.2) is 41.8 Å². The van der Waals surface area contributed by atoms with Crippen LogP contribution in [0.4, 0.5) is 5.69 Å². The zero-order valence-corrected chi connectivity index (χ0v) is 19.0. The van der Waals surface area contributed by atoms with E-state index in [2.05, 4.69) is 46.8 Å². The van der Waals surface area contributed by atoms with Gasteiger partial charge < -0.3 is 19.9 Å². The number of ether oxygens (including phenoxy) is 1. The number of nitrogens with one attached hydrogen (secondary N) is 2. The summed E-state index contributed by atoms with van der Waals surface area (Å²) < 4.78 is 5.27. The van der Waals surface area contributed by atoms with Gasteiger partial charge in [-0.05, 0) is 42.6 Å². The van der Waals surface area contributed by atoms with E-state index in [0.29, 0.717) is 0 Å². The number of amides is 1. The average Bonchev–Trinajstić information content (AvgIpc) is 3.22. The Morgan fingerprint density at radius 2 is 1.83 bits per heavy atom. The second kappa shape index (κ2) is 9.18. The number of hydrogen-bond donors (Lipinski definition) is 2. The van der Waals surface area contributed by atoms with Crippen molar-refractivity contribution in [1.82, 2.24) is 5.32 Å².